The molecule has 1 N–H and O–H groups in total. The van der Waals surface area contributed by atoms with Gasteiger partial charge >= 0.3 is 0 Å². The van der Waals surface area contributed by atoms with Gasteiger partial charge in [0.2, 0.25) is 15.9 Å². The minimum atomic E-state index is -3.69. The number of rotatable bonds is 7. The molecule has 0 radical (unpaired) electrons. The molecule has 0 atom stereocenters. The normalized spacial score (nSPS) is 14.2. The molecule has 2 amide bonds. The van der Waals surface area contributed by atoms with Crippen LogP contribution in [0, 0.1) is 0 Å². The Kier molecular flexibility index (Phi) is 7.07. The lowest BCUT2D eigenvalue weighted by Crippen LogP contribution is -2.41. The second-order valence-corrected chi connectivity index (χ2v) is 8.89. The van der Waals surface area contributed by atoms with Gasteiger partial charge in [0.15, 0.2) is 0 Å². The van der Waals surface area contributed by atoms with Gasteiger partial charge in [-0.1, -0.05) is 30.3 Å². The van der Waals surface area contributed by atoms with Crippen molar-refractivity contribution in [2.45, 2.75) is 6.54 Å². The fourth-order valence-electron chi connectivity index (χ4n) is 3.10. The zero-order valence-electron chi connectivity index (χ0n) is 16.8. The van der Waals surface area contributed by atoms with Crippen molar-refractivity contribution in [3.05, 3.63) is 65.7 Å². The van der Waals surface area contributed by atoms with Gasteiger partial charge in [-0.25, -0.2) is 8.42 Å². The highest BCUT2D eigenvalue weighted by molar-refractivity contribution is 7.92. The number of carbonyl (C=O) groups excluding carboxylic acids is 2. The predicted octanol–water partition coefficient (Wildman–Crippen LogP) is 1.24. The quantitative estimate of drug-likeness (QED) is 0.712. The molecule has 0 spiro atoms. The van der Waals surface area contributed by atoms with Gasteiger partial charge in [-0.3, -0.25) is 13.9 Å². The first kappa shape index (κ1) is 21.8. The Morgan fingerprint density at radius 2 is 1.67 bits per heavy atom. The van der Waals surface area contributed by atoms with E-state index in [4.69, 9.17) is 4.74 Å². The molecule has 0 bridgehead atoms. The van der Waals surface area contributed by atoms with Crippen LogP contribution in [0.2, 0.25) is 0 Å². The number of nitrogens with zero attached hydrogens (tertiary/aromatic N) is 2. The van der Waals surface area contributed by atoms with E-state index < -0.39 is 15.9 Å². The summed E-state index contributed by atoms with van der Waals surface area (Å²) in [6.45, 7) is 2.02. The Balaban J connectivity index is 1.67. The molecule has 1 fully saturated rings. The monoisotopic (exact) mass is 431 g/mol. The van der Waals surface area contributed by atoms with Crippen LogP contribution in [0.15, 0.2) is 54.6 Å². The van der Waals surface area contributed by atoms with Crippen LogP contribution < -0.4 is 9.62 Å². The molecular weight excluding hydrogens is 406 g/mol. The van der Waals surface area contributed by atoms with Crippen molar-refractivity contribution in [3.63, 3.8) is 0 Å². The second kappa shape index (κ2) is 9.73. The maximum Gasteiger partial charge on any atom is 0.254 e. The van der Waals surface area contributed by atoms with Gasteiger partial charge in [-0.2, -0.15) is 0 Å². The maximum absolute atomic E-state index is 12.5. The summed E-state index contributed by atoms with van der Waals surface area (Å²) in [6.07, 6.45) is 1.05. The average Bonchev–Trinajstić information content (AvgIpc) is 2.76. The third kappa shape index (κ3) is 5.80. The summed E-state index contributed by atoms with van der Waals surface area (Å²) in [5.41, 5.74) is 1.70. The number of morpholine rings is 1. The predicted molar refractivity (Wildman–Crippen MR) is 114 cm³/mol. The SMILES string of the molecule is CS(=O)(=O)N(CC(=O)NCc1ccccc1)c1ccc(C(=O)N2CCOCC2)cc1. The highest BCUT2D eigenvalue weighted by atomic mass is 32.2. The van der Waals surface area contributed by atoms with Crippen LogP contribution in [0.5, 0.6) is 0 Å². The number of ether oxygens (including phenoxy) is 1. The topological polar surface area (TPSA) is 96.0 Å². The van der Waals surface area contributed by atoms with Crippen molar-refractivity contribution in [2.75, 3.05) is 43.4 Å². The molecule has 2 aromatic rings. The lowest BCUT2D eigenvalue weighted by molar-refractivity contribution is -0.119. The van der Waals surface area contributed by atoms with E-state index in [9.17, 15) is 18.0 Å². The lowest BCUT2D eigenvalue weighted by Gasteiger charge is -2.27. The molecule has 160 valence electrons. The largest absolute Gasteiger partial charge is 0.378 e. The summed E-state index contributed by atoms with van der Waals surface area (Å²) >= 11 is 0. The standard InChI is InChI=1S/C21H25N3O5S/c1-30(27,28)24(16-20(25)22-15-17-5-3-2-4-6-17)19-9-7-18(8-10-19)21(26)23-11-13-29-14-12-23/h2-10H,11-16H2,1H3,(H,22,25). The van der Waals surface area contributed by atoms with Crippen LogP contribution in [0.3, 0.4) is 0 Å². The van der Waals surface area contributed by atoms with Crippen LogP contribution in [0.25, 0.3) is 0 Å². The van der Waals surface area contributed by atoms with Crippen molar-refractivity contribution >= 4 is 27.5 Å². The average molecular weight is 432 g/mol. The number of sulfonamides is 1. The minimum absolute atomic E-state index is 0.128. The number of benzene rings is 2. The van der Waals surface area contributed by atoms with Crippen molar-refractivity contribution in [1.82, 2.24) is 10.2 Å². The number of hydrogen-bond acceptors (Lipinski definition) is 5. The molecule has 1 aliphatic heterocycles. The summed E-state index contributed by atoms with van der Waals surface area (Å²) < 4.78 is 30.8. The van der Waals surface area contributed by atoms with Crippen molar-refractivity contribution in [3.8, 4) is 0 Å². The molecule has 2 aromatic carbocycles. The molecule has 3 rings (SSSR count). The highest BCUT2D eigenvalue weighted by Gasteiger charge is 2.22. The number of amides is 2. The van der Waals surface area contributed by atoms with Crippen LogP contribution in [0.1, 0.15) is 15.9 Å². The van der Waals surface area contributed by atoms with E-state index in [1.54, 1.807) is 29.2 Å². The lowest BCUT2D eigenvalue weighted by atomic mass is 10.1. The highest BCUT2D eigenvalue weighted by Crippen LogP contribution is 2.19. The Hall–Kier alpha value is -2.91. The van der Waals surface area contributed by atoms with Crippen LogP contribution >= 0.6 is 0 Å². The van der Waals surface area contributed by atoms with Crippen LogP contribution in [0.4, 0.5) is 5.69 Å². The number of anilines is 1. The second-order valence-electron chi connectivity index (χ2n) is 6.98. The smallest absolute Gasteiger partial charge is 0.254 e. The Bertz CT molecular complexity index is 971. The third-order valence-corrected chi connectivity index (χ3v) is 5.86. The van der Waals surface area contributed by atoms with Crippen molar-refractivity contribution < 1.29 is 22.7 Å². The molecule has 1 heterocycles. The molecule has 30 heavy (non-hydrogen) atoms. The molecule has 0 aromatic heterocycles. The zero-order valence-corrected chi connectivity index (χ0v) is 17.6. The first-order valence-electron chi connectivity index (χ1n) is 9.60. The van der Waals surface area contributed by atoms with Crippen molar-refractivity contribution in [2.24, 2.45) is 0 Å². The van der Waals surface area contributed by atoms with Crippen LogP contribution in [-0.4, -0.2) is 64.2 Å². The zero-order chi connectivity index (χ0) is 21.6. The summed E-state index contributed by atoms with van der Waals surface area (Å²) in [6, 6.07) is 15.6. The van der Waals surface area contributed by atoms with E-state index in [0.29, 0.717) is 44.1 Å². The number of hydrogen-bond donors (Lipinski definition) is 1. The summed E-state index contributed by atoms with van der Waals surface area (Å²) in [4.78, 5) is 26.6. The summed E-state index contributed by atoms with van der Waals surface area (Å²) in [5.74, 6) is -0.547. The van der Waals surface area contributed by atoms with Gasteiger partial charge in [0.1, 0.15) is 6.54 Å². The van der Waals surface area contributed by atoms with Gasteiger partial charge in [0.05, 0.1) is 25.2 Å². The molecular formula is C21H25N3O5S. The summed E-state index contributed by atoms with van der Waals surface area (Å²) in [7, 11) is -3.69. The number of nitrogens with one attached hydrogen (secondary N) is 1. The van der Waals surface area contributed by atoms with Gasteiger partial charge < -0.3 is 15.0 Å². The molecule has 9 heteroatoms. The molecule has 1 saturated heterocycles. The third-order valence-electron chi connectivity index (χ3n) is 4.72. The van der Waals surface area contributed by atoms with Gasteiger partial charge in [-0.15, -0.1) is 0 Å². The molecule has 0 unspecified atom stereocenters. The Morgan fingerprint density at radius 3 is 2.27 bits per heavy atom. The Morgan fingerprint density at radius 1 is 1.03 bits per heavy atom. The van der Waals surface area contributed by atoms with E-state index in [2.05, 4.69) is 5.32 Å². The fourth-order valence-corrected chi connectivity index (χ4v) is 3.96. The van der Waals surface area contributed by atoms with E-state index in [0.717, 1.165) is 16.1 Å². The molecule has 1 aliphatic rings. The van der Waals surface area contributed by atoms with Crippen LogP contribution in [-0.2, 0) is 26.1 Å². The van der Waals surface area contributed by atoms with Gasteiger partial charge in [0, 0.05) is 25.2 Å². The Labute approximate surface area is 176 Å². The van der Waals surface area contributed by atoms with Gasteiger partial charge in [0.25, 0.3) is 5.91 Å². The first-order chi connectivity index (χ1) is 14.3. The van der Waals surface area contributed by atoms with E-state index >= 15 is 0 Å². The summed E-state index contributed by atoms with van der Waals surface area (Å²) in [5, 5.41) is 2.73. The van der Waals surface area contributed by atoms with E-state index in [1.807, 2.05) is 30.3 Å². The minimum Gasteiger partial charge on any atom is -0.378 e. The first-order valence-corrected chi connectivity index (χ1v) is 11.4. The molecule has 0 saturated carbocycles. The fraction of sp³-hybridized carbons (Fsp3) is 0.333. The van der Waals surface area contributed by atoms with E-state index in [-0.39, 0.29) is 12.5 Å². The molecule has 8 nitrogen and oxygen atoms in total. The number of carbonyl (C=O) groups is 2. The van der Waals surface area contributed by atoms with E-state index in [1.165, 1.54) is 0 Å². The van der Waals surface area contributed by atoms with Crippen molar-refractivity contribution in [1.29, 1.82) is 0 Å². The molecule has 0 aliphatic carbocycles. The maximum atomic E-state index is 12.5. The van der Waals surface area contributed by atoms with Gasteiger partial charge in [-0.05, 0) is 29.8 Å².